The van der Waals surface area contributed by atoms with Gasteiger partial charge in [-0.05, 0) is 41.5 Å². The Bertz CT molecular complexity index is 782. The van der Waals surface area contributed by atoms with Crippen LogP contribution in [0.15, 0.2) is 61.2 Å². The minimum Gasteiger partial charge on any atom is -0.457 e. The fourth-order valence-electron chi connectivity index (χ4n) is 1.97. The lowest BCUT2D eigenvalue weighted by molar-refractivity contribution is -0.384. The second kappa shape index (κ2) is 8.39. The maximum absolute atomic E-state index is 12.0. The second-order valence-corrected chi connectivity index (χ2v) is 5.12. The fourth-order valence-corrected chi connectivity index (χ4v) is 1.97. The molecule has 0 bridgehead atoms. The molecule has 0 saturated heterocycles. The molecule has 0 radical (unpaired) electrons. The maximum Gasteiger partial charge on any atom is 0.338 e. The second-order valence-electron chi connectivity index (χ2n) is 5.12. The summed E-state index contributed by atoms with van der Waals surface area (Å²) in [5.74, 6) is -0.772. The molecule has 2 aromatic carbocycles. The van der Waals surface area contributed by atoms with Crippen molar-refractivity contribution in [1.29, 1.82) is 0 Å². The van der Waals surface area contributed by atoms with E-state index in [0.29, 0.717) is 17.7 Å². The molecule has 0 aliphatic rings. The number of hydrogen-bond donors (Lipinski definition) is 1. The predicted molar refractivity (Wildman–Crippen MR) is 90.7 cm³/mol. The molecule has 0 aliphatic heterocycles. The monoisotopic (exact) mass is 340 g/mol. The van der Waals surface area contributed by atoms with Gasteiger partial charge in [0.25, 0.3) is 5.69 Å². The quantitative estimate of drug-likeness (QED) is 0.362. The number of nitrogens with one attached hydrogen (secondary N) is 1. The van der Waals surface area contributed by atoms with E-state index in [4.69, 9.17) is 4.74 Å². The largest absolute Gasteiger partial charge is 0.457 e. The van der Waals surface area contributed by atoms with E-state index >= 15 is 0 Å². The summed E-state index contributed by atoms with van der Waals surface area (Å²) in [7, 11) is 0. The van der Waals surface area contributed by atoms with Gasteiger partial charge in [0.2, 0.25) is 5.91 Å². The molecule has 0 unspecified atom stereocenters. The number of hydrogen-bond acceptors (Lipinski definition) is 5. The normalized spacial score (nSPS) is 9.92. The fraction of sp³-hybridized carbons (Fsp3) is 0.111. The van der Waals surface area contributed by atoms with Crippen molar-refractivity contribution in [3.63, 3.8) is 0 Å². The smallest absolute Gasteiger partial charge is 0.338 e. The highest BCUT2D eigenvalue weighted by atomic mass is 16.6. The van der Waals surface area contributed by atoms with Crippen LogP contribution >= 0.6 is 0 Å². The molecule has 0 aromatic heterocycles. The van der Waals surface area contributed by atoms with Gasteiger partial charge in [-0.3, -0.25) is 14.9 Å². The minimum atomic E-state index is -0.500. The summed E-state index contributed by atoms with van der Waals surface area (Å²) in [6.07, 6.45) is 1.18. The van der Waals surface area contributed by atoms with Crippen LogP contribution in [0.5, 0.6) is 0 Å². The van der Waals surface area contributed by atoms with E-state index in [-0.39, 0.29) is 18.2 Å². The van der Waals surface area contributed by atoms with Gasteiger partial charge in [0.05, 0.1) is 10.5 Å². The molecule has 0 saturated carbocycles. The highest BCUT2D eigenvalue weighted by Gasteiger charge is 2.09. The number of nitro benzene ring substituents is 1. The predicted octanol–water partition coefficient (Wildman–Crippen LogP) is 2.75. The highest BCUT2D eigenvalue weighted by molar-refractivity contribution is 5.89. The van der Waals surface area contributed by atoms with E-state index in [1.807, 2.05) is 0 Å². The van der Waals surface area contributed by atoms with Gasteiger partial charge < -0.3 is 10.1 Å². The molecule has 0 fully saturated rings. The molecule has 0 atom stereocenters. The third-order valence-corrected chi connectivity index (χ3v) is 3.36. The summed E-state index contributed by atoms with van der Waals surface area (Å²) in [6, 6.07) is 12.4. The number of rotatable bonds is 7. The third kappa shape index (κ3) is 5.28. The first-order valence-corrected chi connectivity index (χ1v) is 7.39. The SMILES string of the molecule is C=CC(=O)NCc1ccc(C(=O)OCc2ccc([N+](=O)[O-])cc2)cc1. The molecular weight excluding hydrogens is 324 g/mol. The number of carbonyl (C=O) groups is 2. The van der Waals surface area contributed by atoms with Crippen LogP contribution in [-0.4, -0.2) is 16.8 Å². The summed E-state index contributed by atoms with van der Waals surface area (Å²) in [4.78, 5) is 33.2. The summed E-state index contributed by atoms with van der Waals surface area (Å²) in [6.45, 7) is 3.72. The maximum atomic E-state index is 12.0. The molecule has 0 spiro atoms. The zero-order valence-electron chi connectivity index (χ0n) is 13.3. The zero-order chi connectivity index (χ0) is 18.2. The van der Waals surface area contributed by atoms with Crippen molar-refractivity contribution in [2.45, 2.75) is 13.2 Å². The molecule has 7 heteroatoms. The zero-order valence-corrected chi connectivity index (χ0v) is 13.3. The Morgan fingerprint density at radius 3 is 2.24 bits per heavy atom. The number of amides is 1. The van der Waals surface area contributed by atoms with Crippen LogP contribution in [0.25, 0.3) is 0 Å². The molecule has 7 nitrogen and oxygen atoms in total. The van der Waals surface area contributed by atoms with Crippen LogP contribution in [0.1, 0.15) is 21.5 Å². The van der Waals surface area contributed by atoms with E-state index in [9.17, 15) is 19.7 Å². The van der Waals surface area contributed by atoms with E-state index in [1.165, 1.54) is 30.3 Å². The molecular formula is C18H16N2O5. The third-order valence-electron chi connectivity index (χ3n) is 3.36. The van der Waals surface area contributed by atoms with Gasteiger partial charge in [0.15, 0.2) is 0 Å². The number of benzene rings is 2. The van der Waals surface area contributed by atoms with Gasteiger partial charge in [0, 0.05) is 18.7 Å². The van der Waals surface area contributed by atoms with Gasteiger partial charge in [-0.1, -0.05) is 18.7 Å². The molecule has 25 heavy (non-hydrogen) atoms. The molecule has 1 amide bonds. The minimum absolute atomic E-state index is 0.0192. The van der Waals surface area contributed by atoms with Gasteiger partial charge in [-0.25, -0.2) is 4.79 Å². The van der Waals surface area contributed by atoms with Crippen molar-refractivity contribution >= 4 is 17.6 Å². The lowest BCUT2D eigenvalue weighted by Gasteiger charge is -2.06. The topological polar surface area (TPSA) is 98.5 Å². The highest BCUT2D eigenvalue weighted by Crippen LogP contribution is 2.13. The first kappa shape index (κ1) is 17.9. The van der Waals surface area contributed by atoms with Gasteiger partial charge in [-0.15, -0.1) is 0 Å². The number of nitrogens with zero attached hydrogens (tertiary/aromatic N) is 1. The lowest BCUT2D eigenvalue weighted by atomic mass is 10.1. The van der Waals surface area contributed by atoms with Crippen LogP contribution in [0.3, 0.4) is 0 Å². The standard InChI is InChI=1S/C18H16N2O5/c1-2-17(21)19-11-13-3-7-15(8-4-13)18(22)25-12-14-5-9-16(10-6-14)20(23)24/h2-10H,1,11-12H2,(H,19,21). The van der Waals surface area contributed by atoms with Crippen molar-refractivity contribution in [1.82, 2.24) is 5.32 Å². The van der Waals surface area contributed by atoms with E-state index < -0.39 is 10.9 Å². The lowest BCUT2D eigenvalue weighted by Crippen LogP contribution is -2.19. The summed E-state index contributed by atoms with van der Waals surface area (Å²) in [5, 5.41) is 13.2. The van der Waals surface area contributed by atoms with Crippen LogP contribution in [-0.2, 0) is 22.7 Å². The van der Waals surface area contributed by atoms with E-state index in [1.54, 1.807) is 24.3 Å². The summed E-state index contributed by atoms with van der Waals surface area (Å²) >= 11 is 0. The van der Waals surface area contributed by atoms with E-state index in [0.717, 1.165) is 5.56 Å². The Morgan fingerprint density at radius 2 is 1.68 bits per heavy atom. The molecule has 0 heterocycles. The first-order valence-electron chi connectivity index (χ1n) is 7.39. The number of non-ortho nitro benzene ring substituents is 1. The number of esters is 1. The number of nitro groups is 1. The molecule has 2 rings (SSSR count). The molecule has 128 valence electrons. The number of carbonyl (C=O) groups excluding carboxylic acids is 2. The molecule has 2 aromatic rings. The Labute approximate surface area is 144 Å². The first-order chi connectivity index (χ1) is 12.0. The average Bonchev–Trinajstić information content (AvgIpc) is 2.64. The summed E-state index contributed by atoms with van der Waals surface area (Å²) < 4.78 is 5.18. The van der Waals surface area contributed by atoms with Gasteiger partial charge in [-0.2, -0.15) is 0 Å². The van der Waals surface area contributed by atoms with Crippen LogP contribution < -0.4 is 5.32 Å². The summed E-state index contributed by atoms with van der Waals surface area (Å²) in [5.41, 5.74) is 1.85. The van der Waals surface area contributed by atoms with Crippen LogP contribution in [0.4, 0.5) is 5.69 Å². The van der Waals surface area contributed by atoms with Crippen molar-refractivity contribution < 1.29 is 19.2 Å². The van der Waals surface area contributed by atoms with Gasteiger partial charge >= 0.3 is 5.97 Å². The molecule has 1 N–H and O–H groups in total. The molecule has 0 aliphatic carbocycles. The Morgan fingerprint density at radius 1 is 1.08 bits per heavy atom. The Kier molecular flexibility index (Phi) is 6.00. The Hall–Kier alpha value is -3.48. The van der Waals surface area contributed by atoms with Crippen LogP contribution in [0.2, 0.25) is 0 Å². The number of ether oxygens (including phenoxy) is 1. The van der Waals surface area contributed by atoms with Crippen molar-refractivity contribution in [2.75, 3.05) is 0 Å². The van der Waals surface area contributed by atoms with Crippen LogP contribution in [0, 0.1) is 10.1 Å². The van der Waals surface area contributed by atoms with Crippen molar-refractivity contribution in [2.24, 2.45) is 0 Å². The van der Waals surface area contributed by atoms with Crippen molar-refractivity contribution in [3.05, 3.63) is 88.0 Å². The van der Waals surface area contributed by atoms with E-state index in [2.05, 4.69) is 11.9 Å². The Balaban J connectivity index is 1.88. The van der Waals surface area contributed by atoms with Crippen molar-refractivity contribution in [3.8, 4) is 0 Å². The average molecular weight is 340 g/mol. The van der Waals surface area contributed by atoms with Gasteiger partial charge in [0.1, 0.15) is 6.61 Å².